The Balaban J connectivity index is 2.59. The number of fused-ring (bicyclic) bond motifs is 1. The number of hydrogen-bond donors (Lipinski definition) is 2. The van der Waals surface area contributed by atoms with E-state index in [0.717, 1.165) is 16.7 Å². The Bertz CT molecular complexity index is 676. The van der Waals surface area contributed by atoms with E-state index in [4.69, 9.17) is 5.11 Å². The fourth-order valence-electron chi connectivity index (χ4n) is 2.25. The van der Waals surface area contributed by atoms with Gasteiger partial charge in [-0.3, -0.25) is 4.79 Å². The zero-order valence-electron chi connectivity index (χ0n) is 13.8. The van der Waals surface area contributed by atoms with Crippen LogP contribution in [0.15, 0.2) is 12.3 Å². The van der Waals surface area contributed by atoms with Gasteiger partial charge in [0, 0.05) is 17.8 Å². The maximum Gasteiger partial charge on any atom is 0.252 e. The summed E-state index contributed by atoms with van der Waals surface area (Å²) in [4.78, 5) is 17.2. The van der Waals surface area contributed by atoms with Gasteiger partial charge in [0.15, 0.2) is 5.65 Å². The highest BCUT2D eigenvalue weighted by molar-refractivity contribution is 6.05. The highest BCUT2D eigenvalue weighted by Gasteiger charge is 2.19. The third kappa shape index (κ3) is 3.11. The summed E-state index contributed by atoms with van der Waals surface area (Å²) in [6.07, 6.45) is 1.69. The molecule has 2 heterocycles. The minimum Gasteiger partial charge on any atom is -0.394 e. The Labute approximate surface area is 130 Å². The van der Waals surface area contributed by atoms with Crippen molar-refractivity contribution in [3.05, 3.63) is 23.5 Å². The summed E-state index contributed by atoms with van der Waals surface area (Å²) in [6, 6.07) is 1.69. The summed E-state index contributed by atoms with van der Waals surface area (Å²) in [5.74, 6) is 0.000818. The first-order valence-electron chi connectivity index (χ1n) is 7.65. The molecule has 0 spiro atoms. The predicted molar refractivity (Wildman–Crippen MR) is 86.0 cm³/mol. The van der Waals surface area contributed by atoms with Crippen molar-refractivity contribution in [2.75, 3.05) is 6.61 Å². The van der Waals surface area contributed by atoms with Crippen molar-refractivity contribution in [2.24, 2.45) is 0 Å². The van der Waals surface area contributed by atoms with E-state index in [2.05, 4.69) is 15.4 Å². The molecule has 0 bridgehead atoms. The molecule has 2 aromatic rings. The summed E-state index contributed by atoms with van der Waals surface area (Å²) < 4.78 is 1.83. The van der Waals surface area contributed by atoms with Crippen molar-refractivity contribution < 1.29 is 9.90 Å². The van der Waals surface area contributed by atoms with E-state index in [0.29, 0.717) is 5.56 Å². The Morgan fingerprint density at radius 2 is 2.00 bits per heavy atom. The molecular formula is C16H24N4O2. The second-order valence-corrected chi connectivity index (χ2v) is 6.23. The zero-order valence-corrected chi connectivity index (χ0v) is 13.8. The molecule has 0 saturated heterocycles. The first-order chi connectivity index (χ1) is 10.3. The second kappa shape index (κ2) is 6.44. The van der Waals surface area contributed by atoms with Crippen LogP contribution in [0.5, 0.6) is 0 Å². The fourth-order valence-corrected chi connectivity index (χ4v) is 2.25. The first kappa shape index (κ1) is 16.4. The molecule has 1 atom stereocenters. The van der Waals surface area contributed by atoms with Gasteiger partial charge in [0.2, 0.25) is 0 Å². The SMILES string of the molecule is CC(CO)NC(=O)c1cc(C(C)C)nc2c1cnn2C(C)C. The molecule has 0 saturated carbocycles. The molecule has 2 aromatic heterocycles. The van der Waals surface area contributed by atoms with E-state index in [1.165, 1.54) is 0 Å². The fraction of sp³-hybridized carbons (Fsp3) is 0.562. The molecule has 2 rings (SSSR count). The number of carbonyl (C=O) groups is 1. The molecule has 0 fully saturated rings. The van der Waals surface area contributed by atoms with Gasteiger partial charge in [0.1, 0.15) is 0 Å². The molecule has 0 radical (unpaired) electrons. The lowest BCUT2D eigenvalue weighted by atomic mass is 10.0. The summed E-state index contributed by atoms with van der Waals surface area (Å²) in [7, 11) is 0. The average Bonchev–Trinajstić information content (AvgIpc) is 2.89. The number of amides is 1. The second-order valence-electron chi connectivity index (χ2n) is 6.23. The van der Waals surface area contributed by atoms with Crippen LogP contribution in [0.4, 0.5) is 0 Å². The molecule has 0 aliphatic heterocycles. The Morgan fingerprint density at radius 3 is 2.55 bits per heavy atom. The molecule has 2 N–H and O–H groups in total. The molecule has 6 nitrogen and oxygen atoms in total. The van der Waals surface area contributed by atoms with Gasteiger partial charge in [-0.05, 0) is 32.8 Å². The van der Waals surface area contributed by atoms with Gasteiger partial charge in [0.25, 0.3) is 5.91 Å². The first-order valence-corrected chi connectivity index (χ1v) is 7.65. The maximum absolute atomic E-state index is 12.5. The lowest BCUT2D eigenvalue weighted by Crippen LogP contribution is -2.35. The summed E-state index contributed by atoms with van der Waals surface area (Å²) in [6.45, 7) is 9.82. The van der Waals surface area contributed by atoms with Crippen molar-refractivity contribution >= 4 is 16.9 Å². The van der Waals surface area contributed by atoms with E-state index in [1.54, 1.807) is 13.1 Å². The zero-order chi connectivity index (χ0) is 16.4. The van der Waals surface area contributed by atoms with E-state index in [9.17, 15) is 4.79 Å². The quantitative estimate of drug-likeness (QED) is 0.888. The van der Waals surface area contributed by atoms with Gasteiger partial charge in [-0.15, -0.1) is 0 Å². The predicted octanol–water partition coefficient (Wildman–Crippen LogP) is 2.25. The number of aliphatic hydroxyl groups excluding tert-OH is 1. The normalized spacial score (nSPS) is 13.1. The minimum atomic E-state index is -0.293. The molecule has 1 unspecified atom stereocenters. The smallest absolute Gasteiger partial charge is 0.252 e. The standard InChI is InChI=1S/C16H24N4O2/c1-9(2)14-6-12(16(22)18-11(5)8-21)13-7-17-20(10(3)4)15(13)19-14/h6-7,9-11,21H,8H2,1-5H3,(H,18,22). The van der Waals surface area contributed by atoms with Crippen LogP contribution in [-0.2, 0) is 0 Å². The van der Waals surface area contributed by atoms with Gasteiger partial charge >= 0.3 is 0 Å². The summed E-state index contributed by atoms with van der Waals surface area (Å²) in [5.41, 5.74) is 2.14. The van der Waals surface area contributed by atoms with Crippen molar-refractivity contribution in [3.8, 4) is 0 Å². The lowest BCUT2D eigenvalue weighted by molar-refractivity contribution is 0.0924. The number of aromatic nitrogens is 3. The number of rotatable bonds is 5. The van der Waals surface area contributed by atoms with Crippen LogP contribution in [0.3, 0.4) is 0 Å². The Morgan fingerprint density at radius 1 is 1.32 bits per heavy atom. The summed E-state index contributed by atoms with van der Waals surface area (Å²) >= 11 is 0. The van der Waals surface area contributed by atoms with Crippen molar-refractivity contribution in [2.45, 2.75) is 52.6 Å². The summed E-state index contributed by atoms with van der Waals surface area (Å²) in [5, 5.41) is 17.0. The van der Waals surface area contributed by atoms with Crippen molar-refractivity contribution in [1.82, 2.24) is 20.1 Å². The molecule has 0 aliphatic carbocycles. The van der Waals surface area contributed by atoms with Crippen molar-refractivity contribution in [1.29, 1.82) is 0 Å². The molecule has 22 heavy (non-hydrogen) atoms. The van der Waals surface area contributed by atoms with E-state index >= 15 is 0 Å². The number of nitrogens with zero attached hydrogens (tertiary/aromatic N) is 3. The molecule has 120 valence electrons. The highest BCUT2D eigenvalue weighted by atomic mass is 16.3. The largest absolute Gasteiger partial charge is 0.394 e. The molecule has 0 aliphatic rings. The van der Waals surface area contributed by atoms with Crippen LogP contribution in [-0.4, -0.2) is 38.4 Å². The maximum atomic E-state index is 12.5. The van der Waals surface area contributed by atoms with Gasteiger partial charge in [-0.2, -0.15) is 5.10 Å². The number of aliphatic hydroxyl groups is 1. The van der Waals surface area contributed by atoms with E-state index < -0.39 is 0 Å². The van der Waals surface area contributed by atoms with Gasteiger partial charge in [-0.1, -0.05) is 13.8 Å². The Hall–Kier alpha value is -1.95. The van der Waals surface area contributed by atoms with Gasteiger partial charge < -0.3 is 10.4 Å². The lowest BCUT2D eigenvalue weighted by Gasteiger charge is -2.14. The van der Waals surface area contributed by atoms with Crippen LogP contribution in [0.2, 0.25) is 0 Å². The topological polar surface area (TPSA) is 80.0 Å². The molecule has 1 amide bonds. The molecular weight excluding hydrogens is 280 g/mol. The third-order valence-electron chi connectivity index (χ3n) is 3.56. The number of carbonyl (C=O) groups excluding carboxylic acids is 1. The van der Waals surface area contributed by atoms with Crippen LogP contribution >= 0.6 is 0 Å². The Kier molecular flexibility index (Phi) is 4.81. The van der Waals surface area contributed by atoms with Crippen LogP contribution in [0.25, 0.3) is 11.0 Å². The van der Waals surface area contributed by atoms with Crippen molar-refractivity contribution in [3.63, 3.8) is 0 Å². The molecule has 6 heteroatoms. The van der Waals surface area contributed by atoms with Crippen LogP contribution < -0.4 is 5.32 Å². The van der Waals surface area contributed by atoms with Gasteiger partial charge in [-0.25, -0.2) is 9.67 Å². The van der Waals surface area contributed by atoms with Gasteiger partial charge in [0.05, 0.1) is 23.8 Å². The highest BCUT2D eigenvalue weighted by Crippen LogP contribution is 2.24. The third-order valence-corrected chi connectivity index (χ3v) is 3.56. The number of hydrogen-bond acceptors (Lipinski definition) is 4. The monoisotopic (exact) mass is 304 g/mol. The minimum absolute atomic E-state index is 0.0950. The average molecular weight is 304 g/mol. The number of nitrogens with one attached hydrogen (secondary N) is 1. The van der Waals surface area contributed by atoms with E-state index in [-0.39, 0.29) is 30.5 Å². The van der Waals surface area contributed by atoms with Crippen LogP contribution in [0.1, 0.15) is 62.6 Å². The molecule has 0 aromatic carbocycles. The van der Waals surface area contributed by atoms with Crippen LogP contribution in [0, 0.1) is 0 Å². The van der Waals surface area contributed by atoms with E-state index in [1.807, 2.05) is 38.4 Å². The number of pyridine rings is 1.